The number of imidazole rings is 1. The van der Waals surface area contributed by atoms with Gasteiger partial charge in [-0.25, -0.2) is 4.79 Å². The first-order valence-electron chi connectivity index (χ1n) is 8.99. The highest BCUT2D eigenvalue weighted by molar-refractivity contribution is 6.01. The number of aromatic nitrogens is 4. The van der Waals surface area contributed by atoms with Crippen LogP contribution in [-0.4, -0.2) is 24.8 Å². The van der Waals surface area contributed by atoms with Gasteiger partial charge in [0.1, 0.15) is 0 Å². The van der Waals surface area contributed by atoms with Gasteiger partial charge in [0.05, 0.1) is 29.0 Å². The van der Waals surface area contributed by atoms with Crippen molar-refractivity contribution in [3.8, 4) is 11.3 Å². The van der Waals surface area contributed by atoms with Crippen molar-refractivity contribution in [3.63, 3.8) is 0 Å². The number of amides is 1. The molecule has 0 aliphatic rings. The van der Waals surface area contributed by atoms with Crippen LogP contribution in [0.1, 0.15) is 12.5 Å². The number of carbonyl (C=O) groups is 1. The predicted octanol–water partition coefficient (Wildman–Crippen LogP) is 2.75. The van der Waals surface area contributed by atoms with Gasteiger partial charge in [0.2, 0.25) is 5.91 Å². The van der Waals surface area contributed by atoms with Crippen LogP contribution in [0.3, 0.4) is 0 Å². The van der Waals surface area contributed by atoms with Crippen molar-refractivity contribution in [2.24, 2.45) is 14.1 Å². The van der Waals surface area contributed by atoms with E-state index in [2.05, 4.69) is 10.4 Å². The second-order valence-corrected chi connectivity index (χ2v) is 6.83. The number of aryl methyl sites for hydroxylation is 2. The zero-order valence-corrected chi connectivity index (χ0v) is 16.0. The highest BCUT2D eigenvalue weighted by Gasteiger charge is 2.18. The molecule has 0 saturated carbocycles. The van der Waals surface area contributed by atoms with E-state index in [1.165, 1.54) is 6.92 Å². The van der Waals surface area contributed by atoms with Gasteiger partial charge in [0.25, 0.3) is 0 Å². The maximum absolute atomic E-state index is 13.0. The Morgan fingerprint density at radius 2 is 1.86 bits per heavy atom. The Bertz CT molecular complexity index is 1230. The highest BCUT2D eigenvalue weighted by Crippen LogP contribution is 2.30. The monoisotopic (exact) mass is 375 g/mol. The molecule has 142 valence electrons. The molecule has 0 aliphatic carbocycles. The van der Waals surface area contributed by atoms with E-state index in [1.54, 1.807) is 27.1 Å². The average Bonchev–Trinajstić information content (AvgIpc) is 3.19. The Morgan fingerprint density at radius 1 is 1.11 bits per heavy atom. The molecule has 2 heterocycles. The minimum absolute atomic E-state index is 0.132. The van der Waals surface area contributed by atoms with Gasteiger partial charge in [-0.05, 0) is 23.8 Å². The molecule has 2 aromatic carbocycles. The number of fused-ring (bicyclic) bond motifs is 1. The number of hydrogen-bond acceptors (Lipinski definition) is 3. The molecule has 4 aromatic rings. The summed E-state index contributed by atoms with van der Waals surface area (Å²) in [6.45, 7) is 1.91. The maximum Gasteiger partial charge on any atom is 0.329 e. The van der Waals surface area contributed by atoms with E-state index in [-0.39, 0.29) is 11.6 Å². The number of rotatable bonds is 4. The Morgan fingerprint density at radius 3 is 2.50 bits per heavy atom. The van der Waals surface area contributed by atoms with Gasteiger partial charge >= 0.3 is 5.69 Å². The van der Waals surface area contributed by atoms with E-state index in [0.717, 1.165) is 22.3 Å². The summed E-state index contributed by atoms with van der Waals surface area (Å²) in [6, 6.07) is 15.6. The maximum atomic E-state index is 13.0. The molecule has 0 saturated heterocycles. The van der Waals surface area contributed by atoms with Gasteiger partial charge in [0, 0.05) is 32.8 Å². The van der Waals surface area contributed by atoms with Crippen LogP contribution in [0.25, 0.3) is 22.3 Å². The van der Waals surface area contributed by atoms with Gasteiger partial charge in [-0.1, -0.05) is 30.3 Å². The van der Waals surface area contributed by atoms with E-state index >= 15 is 0 Å². The van der Waals surface area contributed by atoms with Gasteiger partial charge < -0.3 is 5.32 Å². The summed E-state index contributed by atoms with van der Waals surface area (Å²) >= 11 is 0. The summed E-state index contributed by atoms with van der Waals surface area (Å²) < 4.78 is 5.08. The Hall–Kier alpha value is -3.61. The molecule has 7 heteroatoms. The first-order valence-corrected chi connectivity index (χ1v) is 8.99. The number of carbonyl (C=O) groups excluding carboxylic acids is 1. The van der Waals surface area contributed by atoms with E-state index in [0.29, 0.717) is 17.7 Å². The number of benzene rings is 2. The van der Waals surface area contributed by atoms with E-state index < -0.39 is 0 Å². The van der Waals surface area contributed by atoms with Crippen LogP contribution >= 0.6 is 0 Å². The summed E-state index contributed by atoms with van der Waals surface area (Å²) in [5.74, 6) is -0.188. The molecule has 4 rings (SSSR count). The number of hydrogen-bond donors (Lipinski definition) is 1. The van der Waals surface area contributed by atoms with Crippen molar-refractivity contribution in [3.05, 3.63) is 70.8 Å². The fourth-order valence-corrected chi connectivity index (χ4v) is 3.57. The zero-order chi connectivity index (χ0) is 19.8. The molecule has 0 radical (unpaired) electrons. The molecule has 0 unspecified atom stereocenters. The molecule has 0 fully saturated rings. The molecule has 2 aromatic heterocycles. The second kappa shape index (κ2) is 6.84. The first-order chi connectivity index (χ1) is 13.5. The minimum Gasteiger partial charge on any atom is -0.324 e. The molecule has 0 bridgehead atoms. The molecule has 28 heavy (non-hydrogen) atoms. The summed E-state index contributed by atoms with van der Waals surface area (Å²) in [6.07, 6.45) is 1.72. The van der Waals surface area contributed by atoms with Crippen molar-refractivity contribution >= 4 is 22.6 Å². The van der Waals surface area contributed by atoms with Crippen LogP contribution in [0.2, 0.25) is 0 Å². The van der Waals surface area contributed by atoms with Gasteiger partial charge in [-0.3, -0.25) is 18.6 Å². The Kier molecular flexibility index (Phi) is 4.35. The van der Waals surface area contributed by atoms with Crippen LogP contribution in [-0.2, 0) is 25.4 Å². The smallest absolute Gasteiger partial charge is 0.324 e. The molecule has 1 amide bonds. The number of anilines is 1. The fraction of sp³-hybridized carbons (Fsp3) is 0.190. The second-order valence-electron chi connectivity index (χ2n) is 6.83. The summed E-state index contributed by atoms with van der Waals surface area (Å²) in [7, 11) is 3.58. The zero-order valence-electron chi connectivity index (χ0n) is 16.0. The van der Waals surface area contributed by atoms with Crippen molar-refractivity contribution in [1.29, 1.82) is 0 Å². The fourth-order valence-electron chi connectivity index (χ4n) is 3.57. The lowest BCUT2D eigenvalue weighted by Crippen LogP contribution is -2.22. The van der Waals surface area contributed by atoms with Crippen molar-refractivity contribution in [2.75, 3.05) is 5.32 Å². The lowest BCUT2D eigenvalue weighted by Gasteiger charge is -2.11. The number of nitrogens with one attached hydrogen (secondary N) is 1. The first kappa shape index (κ1) is 17.8. The molecule has 0 aliphatic heterocycles. The molecule has 7 nitrogen and oxygen atoms in total. The number of nitrogens with zero attached hydrogens (tertiary/aromatic N) is 4. The Labute approximate surface area is 161 Å². The highest BCUT2D eigenvalue weighted by atomic mass is 16.2. The van der Waals surface area contributed by atoms with Crippen LogP contribution in [0.4, 0.5) is 5.69 Å². The van der Waals surface area contributed by atoms with Crippen LogP contribution in [0.5, 0.6) is 0 Å². The van der Waals surface area contributed by atoms with Crippen molar-refractivity contribution < 1.29 is 4.79 Å². The van der Waals surface area contributed by atoms with Crippen LogP contribution < -0.4 is 11.0 Å². The lowest BCUT2D eigenvalue weighted by atomic mass is 10.1. The quantitative estimate of drug-likeness (QED) is 0.596. The topological polar surface area (TPSA) is 73.8 Å². The minimum atomic E-state index is -0.188. The third kappa shape index (κ3) is 3.00. The molecule has 0 atom stereocenters. The van der Waals surface area contributed by atoms with Crippen molar-refractivity contribution in [2.45, 2.75) is 13.5 Å². The van der Waals surface area contributed by atoms with E-state index in [1.807, 2.05) is 55.6 Å². The average molecular weight is 375 g/mol. The van der Waals surface area contributed by atoms with Crippen LogP contribution in [0.15, 0.2) is 59.5 Å². The lowest BCUT2D eigenvalue weighted by molar-refractivity contribution is -0.114. The Balaban J connectivity index is 2.00. The SMILES string of the molecule is CC(=O)Nc1cc(-c2ccnn2C)cc2c1n(C)c(=O)n2Cc1ccccc1. The van der Waals surface area contributed by atoms with E-state index in [4.69, 9.17) is 0 Å². The summed E-state index contributed by atoms with van der Waals surface area (Å²) in [5, 5.41) is 7.11. The van der Waals surface area contributed by atoms with Gasteiger partial charge in [-0.2, -0.15) is 5.10 Å². The summed E-state index contributed by atoms with van der Waals surface area (Å²) in [4.78, 5) is 24.8. The summed E-state index contributed by atoms with van der Waals surface area (Å²) in [5.41, 5.74) is 4.74. The standard InChI is InChI=1S/C21H21N5O2/c1-14(27)23-17-11-16(18-9-10-22-25(18)3)12-19-20(17)24(2)21(28)26(19)13-15-7-5-4-6-8-15/h4-12H,13H2,1-3H3,(H,23,27). The van der Waals surface area contributed by atoms with Gasteiger partial charge in [-0.15, -0.1) is 0 Å². The normalized spacial score (nSPS) is 11.1. The largest absolute Gasteiger partial charge is 0.329 e. The molecular weight excluding hydrogens is 354 g/mol. The molecular formula is C21H21N5O2. The van der Waals surface area contributed by atoms with Crippen LogP contribution in [0, 0.1) is 0 Å². The van der Waals surface area contributed by atoms with E-state index in [9.17, 15) is 9.59 Å². The van der Waals surface area contributed by atoms with Gasteiger partial charge in [0.15, 0.2) is 0 Å². The third-order valence-electron chi connectivity index (χ3n) is 4.84. The third-order valence-corrected chi connectivity index (χ3v) is 4.84. The molecule has 1 N–H and O–H groups in total. The predicted molar refractivity (Wildman–Crippen MR) is 109 cm³/mol. The van der Waals surface area contributed by atoms with Crippen molar-refractivity contribution in [1.82, 2.24) is 18.9 Å². The molecule has 0 spiro atoms.